The summed E-state index contributed by atoms with van der Waals surface area (Å²) >= 11 is 0. The summed E-state index contributed by atoms with van der Waals surface area (Å²) in [6.45, 7) is 1.35. The predicted molar refractivity (Wildman–Crippen MR) is 122 cm³/mol. The third-order valence-electron chi connectivity index (χ3n) is 6.31. The van der Waals surface area contributed by atoms with Crippen LogP contribution < -0.4 is 10.6 Å². The van der Waals surface area contributed by atoms with E-state index in [1.807, 2.05) is 29.2 Å². The largest absolute Gasteiger partial charge is 0.374 e. The van der Waals surface area contributed by atoms with Crippen molar-refractivity contribution in [3.8, 4) is 0 Å². The summed E-state index contributed by atoms with van der Waals surface area (Å²) in [5.74, 6) is -0.128. The van der Waals surface area contributed by atoms with Crippen molar-refractivity contribution in [2.45, 2.75) is 44.1 Å². The topological polar surface area (TPSA) is 122 Å². The number of piperidine rings is 2. The number of benzene rings is 2. The van der Waals surface area contributed by atoms with E-state index in [1.54, 1.807) is 12.1 Å². The minimum absolute atomic E-state index is 0.0188. The number of rotatable bonds is 6. The second-order valence-electron chi connectivity index (χ2n) is 8.53. The lowest BCUT2D eigenvalue weighted by atomic mass is 9.89. The van der Waals surface area contributed by atoms with Crippen LogP contribution in [0.25, 0.3) is 0 Å². The minimum Gasteiger partial charge on any atom is -0.374 e. The minimum atomic E-state index is -0.451. The summed E-state index contributed by atoms with van der Waals surface area (Å²) in [6, 6.07) is 13.7. The molecule has 0 radical (unpaired) electrons. The maximum atomic E-state index is 12.6. The Labute approximate surface area is 191 Å². The van der Waals surface area contributed by atoms with Crippen molar-refractivity contribution in [3.63, 3.8) is 0 Å². The van der Waals surface area contributed by atoms with Crippen LogP contribution in [0.3, 0.4) is 0 Å². The van der Waals surface area contributed by atoms with Crippen molar-refractivity contribution < 1.29 is 19.3 Å². The first-order valence-electron chi connectivity index (χ1n) is 11.1. The predicted octanol–water partition coefficient (Wildman–Crippen LogP) is 2.76. The highest BCUT2D eigenvalue weighted by Gasteiger charge is 2.27. The number of imide groups is 1. The summed E-state index contributed by atoms with van der Waals surface area (Å²) in [4.78, 5) is 48.0. The van der Waals surface area contributed by atoms with Gasteiger partial charge in [0.1, 0.15) is 6.04 Å². The molecule has 3 amide bonds. The molecule has 4 rings (SSSR count). The molecule has 0 aromatic heterocycles. The molecule has 33 heavy (non-hydrogen) atoms. The van der Waals surface area contributed by atoms with E-state index in [9.17, 15) is 24.5 Å². The van der Waals surface area contributed by atoms with Gasteiger partial charge in [-0.05, 0) is 48.4 Å². The monoisotopic (exact) mass is 450 g/mol. The van der Waals surface area contributed by atoms with E-state index in [2.05, 4.69) is 10.6 Å². The molecular formula is C24H26N4O5. The Morgan fingerprint density at radius 1 is 1.03 bits per heavy atom. The highest BCUT2D eigenvalue weighted by Crippen LogP contribution is 2.29. The van der Waals surface area contributed by atoms with Crippen LogP contribution in [0.2, 0.25) is 0 Å². The van der Waals surface area contributed by atoms with E-state index in [4.69, 9.17) is 0 Å². The average molecular weight is 450 g/mol. The molecule has 0 bridgehead atoms. The SMILES string of the molecule is O=C1CCC(Nc2ccc(C3CCN(C(=O)Cc4ccc([N+](=O)[O-])cc4)CC3)cc2)C(=O)N1. The van der Waals surface area contributed by atoms with Crippen molar-refractivity contribution in [1.29, 1.82) is 0 Å². The van der Waals surface area contributed by atoms with Gasteiger partial charge in [-0.3, -0.25) is 29.8 Å². The van der Waals surface area contributed by atoms with Crippen molar-refractivity contribution in [2.24, 2.45) is 0 Å². The first-order chi connectivity index (χ1) is 15.9. The van der Waals surface area contributed by atoms with Gasteiger partial charge in [0.15, 0.2) is 0 Å². The summed E-state index contributed by atoms with van der Waals surface area (Å²) < 4.78 is 0. The van der Waals surface area contributed by atoms with Crippen molar-refractivity contribution in [2.75, 3.05) is 18.4 Å². The number of nitrogens with one attached hydrogen (secondary N) is 2. The lowest BCUT2D eigenvalue weighted by Crippen LogP contribution is -2.47. The fraction of sp³-hybridized carbons (Fsp3) is 0.375. The lowest BCUT2D eigenvalue weighted by Gasteiger charge is -2.32. The van der Waals surface area contributed by atoms with Crippen LogP contribution in [0.5, 0.6) is 0 Å². The summed E-state index contributed by atoms with van der Waals surface area (Å²) in [6.07, 6.45) is 2.79. The van der Waals surface area contributed by atoms with Crippen molar-refractivity contribution in [3.05, 3.63) is 69.8 Å². The second kappa shape index (κ2) is 9.81. The Hall–Kier alpha value is -3.75. The fourth-order valence-electron chi connectivity index (χ4n) is 4.37. The molecule has 2 aliphatic heterocycles. The van der Waals surface area contributed by atoms with Gasteiger partial charge < -0.3 is 10.2 Å². The molecule has 0 spiro atoms. The van der Waals surface area contributed by atoms with Gasteiger partial charge in [-0.1, -0.05) is 24.3 Å². The number of carbonyl (C=O) groups is 3. The van der Waals surface area contributed by atoms with Crippen LogP contribution >= 0.6 is 0 Å². The third-order valence-corrected chi connectivity index (χ3v) is 6.31. The first-order valence-corrected chi connectivity index (χ1v) is 11.1. The van der Waals surface area contributed by atoms with Gasteiger partial charge in [-0.15, -0.1) is 0 Å². The molecule has 2 aromatic carbocycles. The zero-order valence-electron chi connectivity index (χ0n) is 18.2. The maximum absolute atomic E-state index is 12.6. The number of non-ortho nitro benzene ring substituents is 1. The molecule has 1 atom stereocenters. The summed E-state index contributed by atoms with van der Waals surface area (Å²) in [7, 11) is 0. The van der Waals surface area contributed by atoms with Crippen molar-refractivity contribution >= 4 is 29.1 Å². The Kier molecular flexibility index (Phi) is 6.67. The zero-order chi connectivity index (χ0) is 23.4. The number of likely N-dealkylation sites (tertiary alicyclic amines) is 1. The highest BCUT2D eigenvalue weighted by atomic mass is 16.6. The number of nitrogens with zero attached hydrogens (tertiary/aromatic N) is 2. The van der Waals surface area contributed by atoms with Gasteiger partial charge in [0, 0.05) is 37.3 Å². The molecule has 1 unspecified atom stereocenters. The number of hydrogen-bond donors (Lipinski definition) is 2. The number of nitro benzene ring substituents is 1. The Morgan fingerprint density at radius 2 is 1.70 bits per heavy atom. The zero-order valence-corrected chi connectivity index (χ0v) is 18.2. The molecule has 2 heterocycles. The molecule has 0 saturated carbocycles. The number of hydrogen-bond acceptors (Lipinski definition) is 6. The Bertz CT molecular complexity index is 1040. The number of carbonyl (C=O) groups excluding carboxylic acids is 3. The fourth-order valence-corrected chi connectivity index (χ4v) is 4.37. The van der Waals surface area contributed by atoms with Crippen LogP contribution in [0.1, 0.15) is 42.7 Å². The Morgan fingerprint density at radius 3 is 2.30 bits per heavy atom. The van der Waals surface area contributed by atoms with Crippen LogP contribution in [0, 0.1) is 10.1 Å². The molecule has 0 aliphatic carbocycles. The smallest absolute Gasteiger partial charge is 0.269 e. The van der Waals surface area contributed by atoms with E-state index in [1.165, 1.54) is 17.7 Å². The van der Waals surface area contributed by atoms with E-state index in [0.717, 1.165) is 24.1 Å². The summed E-state index contributed by atoms with van der Waals surface area (Å²) in [5.41, 5.74) is 2.83. The second-order valence-corrected chi connectivity index (χ2v) is 8.53. The first kappa shape index (κ1) is 22.4. The van der Waals surface area contributed by atoms with Gasteiger partial charge in [0.25, 0.3) is 5.69 Å². The molecular weight excluding hydrogens is 424 g/mol. The van der Waals surface area contributed by atoms with Crippen LogP contribution in [-0.4, -0.2) is 46.7 Å². The highest BCUT2D eigenvalue weighted by molar-refractivity contribution is 6.01. The maximum Gasteiger partial charge on any atom is 0.269 e. The molecule has 2 fully saturated rings. The number of nitro groups is 1. The molecule has 172 valence electrons. The third kappa shape index (κ3) is 5.54. The molecule has 2 aromatic rings. The Balaban J connectivity index is 1.27. The molecule has 2 N–H and O–H groups in total. The van der Waals surface area contributed by atoms with E-state index >= 15 is 0 Å². The van der Waals surface area contributed by atoms with Gasteiger partial charge in [0.2, 0.25) is 17.7 Å². The lowest BCUT2D eigenvalue weighted by molar-refractivity contribution is -0.384. The van der Waals surface area contributed by atoms with Gasteiger partial charge in [-0.25, -0.2) is 0 Å². The van der Waals surface area contributed by atoms with Gasteiger partial charge in [0.05, 0.1) is 11.3 Å². The van der Waals surface area contributed by atoms with Crippen LogP contribution in [-0.2, 0) is 20.8 Å². The average Bonchev–Trinajstić information content (AvgIpc) is 2.82. The van der Waals surface area contributed by atoms with Crippen molar-refractivity contribution in [1.82, 2.24) is 10.2 Å². The molecule has 9 nitrogen and oxygen atoms in total. The van der Waals surface area contributed by atoms with Crippen LogP contribution in [0.4, 0.5) is 11.4 Å². The van der Waals surface area contributed by atoms with Crippen LogP contribution in [0.15, 0.2) is 48.5 Å². The molecule has 9 heteroatoms. The summed E-state index contributed by atoms with van der Waals surface area (Å²) in [5, 5.41) is 16.3. The molecule has 2 saturated heterocycles. The quantitative estimate of drug-likeness (QED) is 0.397. The standard InChI is InChI=1S/C24H26N4O5/c29-22-10-9-21(24(31)26-22)25-19-5-3-17(4-6-19)18-11-13-27(14-12-18)23(30)15-16-1-7-20(8-2-16)28(32)33/h1-8,18,21,25H,9-15H2,(H,26,29,31). The van der Waals surface area contributed by atoms with Gasteiger partial charge in [-0.2, -0.15) is 0 Å². The number of amides is 3. The molecule has 2 aliphatic rings. The van der Waals surface area contributed by atoms with E-state index in [-0.39, 0.29) is 29.8 Å². The van der Waals surface area contributed by atoms with E-state index < -0.39 is 11.0 Å². The normalized spacial score (nSPS) is 19.2. The number of anilines is 1. The van der Waals surface area contributed by atoms with Gasteiger partial charge >= 0.3 is 0 Å². The van der Waals surface area contributed by atoms with E-state index in [0.29, 0.717) is 31.8 Å².